The Balaban J connectivity index is 1.94. The lowest BCUT2D eigenvalue weighted by Crippen LogP contribution is -2.24. The van der Waals surface area contributed by atoms with Gasteiger partial charge in [0, 0.05) is 24.1 Å². The van der Waals surface area contributed by atoms with Gasteiger partial charge in [0.2, 0.25) is 0 Å². The van der Waals surface area contributed by atoms with Gasteiger partial charge in [0.05, 0.1) is 7.11 Å². The first-order valence-electron chi connectivity index (χ1n) is 6.63. The van der Waals surface area contributed by atoms with Gasteiger partial charge in [-0.2, -0.15) is 0 Å². The molecule has 110 valence electrons. The predicted octanol–water partition coefficient (Wildman–Crippen LogP) is 3.50. The molecule has 21 heavy (non-hydrogen) atoms. The SMILES string of the molecule is COc1ccc2c(c1)OC(c1ccc(F)c(F)c1)C[C@H]2N. The molecule has 1 aliphatic rings. The standard InChI is InChI=1S/C16H15F2NO2/c1-20-10-3-4-11-14(19)8-15(21-16(11)7-10)9-2-5-12(17)13(18)6-9/h2-7,14-15H,8,19H2,1H3/t14-,15?/m1/s1. The Morgan fingerprint density at radius 2 is 1.95 bits per heavy atom. The molecular weight excluding hydrogens is 276 g/mol. The molecular formula is C16H15F2NO2. The zero-order valence-corrected chi connectivity index (χ0v) is 11.5. The normalized spacial score (nSPS) is 20.6. The summed E-state index contributed by atoms with van der Waals surface area (Å²) in [5.41, 5.74) is 7.60. The number of halogens is 2. The number of hydrogen-bond acceptors (Lipinski definition) is 3. The van der Waals surface area contributed by atoms with Crippen LogP contribution in [0.15, 0.2) is 36.4 Å². The average Bonchev–Trinajstić information content (AvgIpc) is 2.49. The number of nitrogens with two attached hydrogens (primary N) is 1. The van der Waals surface area contributed by atoms with E-state index in [0.29, 0.717) is 23.5 Å². The number of methoxy groups -OCH3 is 1. The third-order valence-electron chi connectivity index (χ3n) is 3.67. The van der Waals surface area contributed by atoms with E-state index in [2.05, 4.69) is 0 Å². The molecule has 5 heteroatoms. The van der Waals surface area contributed by atoms with Gasteiger partial charge in [0.1, 0.15) is 17.6 Å². The minimum absolute atomic E-state index is 0.224. The van der Waals surface area contributed by atoms with E-state index in [-0.39, 0.29) is 6.04 Å². The highest BCUT2D eigenvalue weighted by Gasteiger charge is 2.28. The lowest BCUT2D eigenvalue weighted by molar-refractivity contribution is 0.160. The monoisotopic (exact) mass is 291 g/mol. The summed E-state index contributed by atoms with van der Waals surface area (Å²) in [6.07, 6.45) is 0.0967. The van der Waals surface area contributed by atoms with Crippen LogP contribution in [0.4, 0.5) is 8.78 Å². The van der Waals surface area contributed by atoms with Crippen molar-refractivity contribution in [3.05, 3.63) is 59.2 Å². The van der Waals surface area contributed by atoms with Crippen LogP contribution in [0.2, 0.25) is 0 Å². The molecule has 0 saturated heterocycles. The Labute approximate surface area is 121 Å². The molecule has 1 aliphatic heterocycles. The van der Waals surface area contributed by atoms with Crippen molar-refractivity contribution in [1.29, 1.82) is 0 Å². The number of fused-ring (bicyclic) bond motifs is 1. The van der Waals surface area contributed by atoms with Crippen LogP contribution < -0.4 is 15.2 Å². The summed E-state index contributed by atoms with van der Waals surface area (Å²) in [6, 6.07) is 8.97. The van der Waals surface area contributed by atoms with Gasteiger partial charge >= 0.3 is 0 Å². The molecule has 0 radical (unpaired) electrons. The Kier molecular flexibility index (Phi) is 3.51. The third-order valence-corrected chi connectivity index (χ3v) is 3.67. The summed E-state index contributed by atoms with van der Waals surface area (Å²) in [7, 11) is 1.57. The minimum Gasteiger partial charge on any atom is -0.497 e. The van der Waals surface area contributed by atoms with Gasteiger partial charge in [0.15, 0.2) is 11.6 Å². The van der Waals surface area contributed by atoms with Crippen molar-refractivity contribution in [2.75, 3.05) is 7.11 Å². The molecule has 0 amide bonds. The van der Waals surface area contributed by atoms with Crippen LogP contribution in [0, 0.1) is 11.6 Å². The molecule has 0 fully saturated rings. The Morgan fingerprint density at radius 1 is 1.14 bits per heavy atom. The topological polar surface area (TPSA) is 44.5 Å². The smallest absolute Gasteiger partial charge is 0.159 e. The number of rotatable bonds is 2. The van der Waals surface area contributed by atoms with Crippen molar-refractivity contribution in [1.82, 2.24) is 0 Å². The Bertz CT molecular complexity index is 675. The molecule has 1 unspecified atom stereocenters. The Morgan fingerprint density at radius 3 is 2.67 bits per heavy atom. The molecule has 0 aliphatic carbocycles. The van der Waals surface area contributed by atoms with E-state index < -0.39 is 17.7 Å². The van der Waals surface area contributed by atoms with Crippen LogP contribution in [0.25, 0.3) is 0 Å². The quantitative estimate of drug-likeness (QED) is 0.921. The molecule has 0 saturated carbocycles. The minimum atomic E-state index is -0.888. The van der Waals surface area contributed by atoms with E-state index in [1.807, 2.05) is 12.1 Å². The van der Waals surface area contributed by atoms with Crippen molar-refractivity contribution in [2.24, 2.45) is 5.73 Å². The third kappa shape index (κ3) is 2.56. The highest BCUT2D eigenvalue weighted by atomic mass is 19.2. The first-order chi connectivity index (χ1) is 10.1. The summed E-state index contributed by atoms with van der Waals surface area (Å²) in [4.78, 5) is 0. The van der Waals surface area contributed by atoms with Gasteiger partial charge in [-0.3, -0.25) is 0 Å². The van der Waals surface area contributed by atoms with Crippen molar-refractivity contribution in [3.63, 3.8) is 0 Å². The molecule has 3 rings (SSSR count). The maximum absolute atomic E-state index is 13.4. The van der Waals surface area contributed by atoms with Gasteiger partial charge in [-0.25, -0.2) is 8.78 Å². The highest BCUT2D eigenvalue weighted by Crippen LogP contribution is 2.41. The summed E-state index contributed by atoms with van der Waals surface area (Å²) >= 11 is 0. The van der Waals surface area contributed by atoms with E-state index in [1.54, 1.807) is 13.2 Å². The van der Waals surface area contributed by atoms with E-state index in [9.17, 15) is 8.78 Å². The second-order valence-corrected chi connectivity index (χ2v) is 5.03. The van der Waals surface area contributed by atoms with E-state index >= 15 is 0 Å². The molecule has 0 bridgehead atoms. The fourth-order valence-electron chi connectivity index (χ4n) is 2.53. The van der Waals surface area contributed by atoms with Gasteiger partial charge in [-0.1, -0.05) is 12.1 Å². The molecule has 1 heterocycles. The van der Waals surface area contributed by atoms with Crippen molar-refractivity contribution < 1.29 is 18.3 Å². The molecule has 2 aromatic rings. The largest absolute Gasteiger partial charge is 0.497 e. The lowest BCUT2D eigenvalue weighted by atomic mass is 9.93. The predicted molar refractivity (Wildman–Crippen MR) is 74.3 cm³/mol. The van der Waals surface area contributed by atoms with Crippen molar-refractivity contribution in [3.8, 4) is 11.5 Å². The molecule has 3 nitrogen and oxygen atoms in total. The van der Waals surface area contributed by atoms with Crippen molar-refractivity contribution in [2.45, 2.75) is 18.6 Å². The van der Waals surface area contributed by atoms with Crippen LogP contribution in [0.5, 0.6) is 11.5 Å². The second kappa shape index (κ2) is 5.33. The van der Waals surface area contributed by atoms with Crippen LogP contribution >= 0.6 is 0 Å². The summed E-state index contributed by atoms with van der Waals surface area (Å²) in [5, 5.41) is 0. The first kappa shape index (κ1) is 13.8. The van der Waals surface area contributed by atoms with Gasteiger partial charge in [-0.15, -0.1) is 0 Å². The molecule has 2 aromatic carbocycles. The maximum Gasteiger partial charge on any atom is 0.159 e. The maximum atomic E-state index is 13.4. The van der Waals surface area contributed by atoms with E-state index in [0.717, 1.165) is 17.7 Å². The number of benzene rings is 2. The zero-order valence-electron chi connectivity index (χ0n) is 11.5. The lowest BCUT2D eigenvalue weighted by Gasteiger charge is -2.30. The van der Waals surface area contributed by atoms with Crippen LogP contribution in [0.1, 0.15) is 29.7 Å². The fourth-order valence-corrected chi connectivity index (χ4v) is 2.53. The number of hydrogen-bond donors (Lipinski definition) is 1. The summed E-state index contributed by atoms with van der Waals surface area (Å²) < 4.78 is 37.4. The van der Waals surface area contributed by atoms with Gasteiger partial charge < -0.3 is 15.2 Å². The molecule has 2 N–H and O–H groups in total. The molecule has 0 aromatic heterocycles. The zero-order chi connectivity index (χ0) is 15.0. The van der Waals surface area contributed by atoms with Crippen LogP contribution in [-0.2, 0) is 0 Å². The Hall–Kier alpha value is -2.14. The second-order valence-electron chi connectivity index (χ2n) is 5.03. The highest BCUT2D eigenvalue weighted by molar-refractivity contribution is 5.44. The summed E-state index contributed by atoms with van der Waals surface area (Å²) in [5.74, 6) is -0.489. The summed E-state index contributed by atoms with van der Waals surface area (Å²) in [6.45, 7) is 0. The van der Waals surface area contributed by atoms with Crippen LogP contribution in [-0.4, -0.2) is 7.11 Å². The first-order valence-corrected chi connectivity index (χ1v) is 6.63. The van der Waals surface area contributed by atoms with Gasteiger partial charge in [0.25, 0.3) is 0 Å². The number of ether oxygens (including phenoxy) is 2. The molecule has 0 spiro atoms. The van der Waals surface area contributed by atoms with E-state index in [4.69, 9.17) is 15.2 Å². The van der Waals surface area contributed by atoms with E-state index in [1.165, 1.54) is 6.07 Å². The fraction of sp³-hybridized carbons (Fsp3) is 0.250. The average molecular weight is 291 g/mol. The van der Waals surface area contributed by atoms with Gasteiger partial charge in [-0.05, 0) is 23.8 Å². The molecule has 2 atom stereocenters. The van der Waals surface area contributed by atoms with Crippen molar-refractivity contribution >= 4 is 0 Å². The van der Waals surface area contributed by atoms with Crippen LogP contribution in [0.3, 0.4) is 0 Å².